The number of hydrogen-bond acceptors (Lipinski definition) is 3. The fraction of sp³-hybridized carbons (Fsp3) is 0.0667. The molecule has 0 aliphatic rings. The molecule has 0 fully saturated rings. The van der Waals surface area contributed by atoms with Crippen LogP contribution in [0.3, 0.4) is 0 Å². The Kier molecular flexibility index (Phi) is 3.56. The van der Waals surface area contributed by atoms with E-state index in [1.165, 1.54) is 11.3 Å². The van der Waals surface area contributed by atoms with Crippen LogP contribution in [0.25, 0.3) is 10.8 Å². The van der Waals surface area contributed by atoms with E-state index in [2.05, 4.69) is 4.72 Å². The second-order valence-corrected chi connectivity index (χ2v) is 7.26. The molecule has 0 atom stereocenters. The zero-order valence-electron chi connectivity index (χ0n) is 10.6. The summed E-state index contributed by atoms with van der Waals surface area (Å²) in [5, 5.41) is 3.60. The minimum Gasteiger partial charge on any atom is -0.206 e. The van der Waals surface area contributed by atoms with Crippen molar-refractivity contribution in [1.29, 1.82) is 0 Å². The molecule has 2 aromatic carbocycles. The largest absolute Gasteiger partial charge is 0.250 e. The smallest absolute Gasteiger partial charge is 0.206 e. The average Bonchev–Trinajstić information content (AvgIpc) is 2.91. The third kappa shape index (κ3) is 2.60. The summed E-state index contributed by atoms with van der Waals surface area (Å²) in [7, 11) is -3.47. The molecule has 3 aromatic rings. The van der Waals surface area contributed by atoms with E-state index in [-0.39, 0.29) is 0 Å². The average molecular weight is 303 g/mol. The molecule has 20 heavy (non-hydrogen) atoms. The van der Waals surface area contributed by atoms with Gasteiger partial charge in [0.05, 0.1) is 0 Å². The zero-order valence-corrected chi connectivity index (χ0v) is 12.2. The molecule has 5 heteroatoms. The highest BCUT2D eigenvalue weighted by atomic mass is 32.2. The van der Waals surface area contributed by atoms with E-state index in [0.29, 0.717) is 10.8 Å². The lowest BCUT2D eigenvalue weighted by molar-refractivity contribution is 0.584. The van der Waals surface area contributed by atoms with Crippen molar-refractivity contribution in [2.75, 3.05) is 0 Å². The molecule has 0 saturated carbocycles. The normalized spacial score (nSPS) is 11.8. The monoisotopic (exact) mass is 303 g/mol. The summed E-state index contributed by atoms with van der Waals surface area (Å²) in [6.45, 7) is 0.301. The zero-order chi connectivity index (χ0) is 14.0. The molecule has 0 amide bonds. The van der Waals surface area contributed by atoms with Gasteiger partial charge in [0, 0.05) is 11.9 Å². The Morgan fingerprint density at radius 1 is 0.950 bits per heavy atom. The molecule has 1 aromatic heterocycles. The third-order valence-electron chi connectivity index (χ3n) is 3.03. The molecule has 0 aliphatic heterocycles. The van der Waals surface area contributed by atoms with Crippen molar-refractivity contribution in [3.05, 3.63) is 65.5 Å². The first-order valence-corrected chi connectivity index (χ1v) is 8.53. The summed E-state index contributed by atoms with van der Waals surface area (Å²) < 4.78 is 27.8. The highest BCUT2D eigenvalue weighted by Crippen LogP contribution is 2.29. The lowest BCUT2D eigenvalue weighted by atomic mass is 10.2. The van der Waals surface area contributed by atoms with Crippen LogP contribution >= 0.6 is 11.3 Å². The molecule has 3 nitrogen and oxygen atoms in total. The minimum absolute atomic E-state index is 0.301. The van der Waals surface area contributed by atoms with Gasteiger partial charge in [0.15, 0.2) is 0 Å². The van der Waals surface area contributed by atoms with Crippen LogP contribution in [0.5, 0.6) is 0 Å². The summed E-state index contributed by atoms with van der Waals surface area (Å²) in [5.74, 6) is 0. The van der Waals surface area contributed by atoms with E-state index in [9.17, 15) is 8.42 Å². The molecule has 0 spiro atoms. The first-order chi connectivity index (χ1) is 9.67. The summed E-state index contributed by atoms with van der Waals surface area (Å²) in [5.41, 5.74) is 0.942. The molecule has 0 bridgehead atoms. The summed E-state index contributed by atoms with van der Waals surface area (Å²) >= 11 is 1.25. The first kappa shape index (κ1) is 13.3. The van der Waals surface area contributed by atoms with Gasteiger partial charge in [-0.25, -0.2) is 13.1 Å². The van der Waals surface area contributed by atoms with Gasteiger partial charge in [-0.05, 0) is 16.3 Å². The van der Waals surface area contributed by atoms with Gasteiger partial charge in [-0.15, -0.1) is 11.3 Å². The Labute approximate surface area is 121 Å². The number of thiophene rings is 1. The van der Waals surface area contributed by atoms with Crippen molar-refractivity contribution in [3.8, 4) is 0 Å². The lowest BCUT2D eigenvalue weighted by Gasteiger charge is -2.05. The van der Waals surface area contributed by atoms with E-state index in [1.54, 1.807) is 0 Å². The predicted molar refractivity (Wildman–Crippen MR) is 82.3 cm³/mol. The quantitative estimate of drug-likeness (QED) is 0.803. The van der Waals surface area contributed by atoms with Crippen molar-refractivity contribution in [2.24, 2.45) is 0 Å². The van der Waals surface area contributed by atoms with E-state index in [1.807, 2.05) is 60.0 Å². The van der Waals surface area contributed by atoms with Crippen LogP contribution in [-0.2, 0) is 16.6 Å². The molecular weight excluding hydrogens is 290 g/mol. The fourth-order valence-corrected chi connectivity index (χ4v) is 4.56. The van der Waals surface area contributed by atoms with Crippen LogP contribution in [0.4, 0.5) is 0 Å². The van der Waals surface area contributed by atoms with Crippen molar-refractivity contribution < 1.29 is 8.42 Å². The molecule has 102 valence electrons. The molecule has 0 aliphatic carbocycles. The van der Waals surface area contributed by atoms with Crippen LogP contribution in [0, 0.1) is 0 Å². The fourth-order valence-electron chi connectivity index (χ4n) is 2.01. The Morgan fingerprint density at radius 3 is 2.45 bits per heavy atom. The Hall–Kier alpha value is -1.69. The van der Waals surface area contributed by atoms with Gasteiger partial charge in [0.1, 0.15) is 4.21 Å². The number of fused-ring (bicyclic) bond motifs is 1. The summed E-state index contributed by atoms with van der Waals surface area (Å²) in [6.07, 6.45) is 0. The van der Waals surface area contributed by atoms with Gasteiger partial charge < -0.3 is 0 Å². The van der Waals surface area contributed by atoms with Crippen molar-refractivity contribution in [1.82, 2.24) is 4.72 Å². The minimum atomic E-state index is -3.47. The highest BCUT2D eigenvalue weighted by molar-refractivity contribution is 7.91. The Bertz CT molecular complexity index is 823. The second-order valence-electron chi connectivity index (χ2n) is 4.42. The SMILES string of the molecule is O=S(=O)(NCc1ccccc1)c1scc2ccccc12. The van der Waals surface area contributed by atoms with Gasteiger partial charge >= 0.3 is 0 Å². The third-order valence-corrected chi connectivity index (χ3v) is 6.01. The van der Waals surface area contributed by atoms with E-state index >= 15 is 0 Å². The van der Waals surface area contributed by atoms with Gasteiger partial charge in [0.2, 0.25) is 0 Å². The van der Waals surface area contributed by atoms with Gasteiger partial charge in [-0.1, -0.05) is 54.6 Å². The number of hydrogen-bond donors (Lipinski definition) is 1. The summed E-state index contributed by atoms with van der Waals surface area (Å²) in [4.78, 5) is 0. The standard InChI is InChI=1S/C15H13NO2S2/c17-20(18,16-10-12-6-2-1-3-7-12)15-14-9-5-4-8-13(14)11-19-15/h1-9,11,16H,10H2. The molecular formula is C15H13NO2S2. The van der Waals surface area contributed by atoms with Crippen molar-refractivity contribution in [3.63, 3.8) is 0 Å². The molecule has 1 heterocycles. The first-order valence-electron chi connectivity index (χ1n) is 6.17. The van der Waals surface area contributed by atoms with Gasteiger partial charge in [-0.2, -0.15) is 0 Å². The number of benzene rings is 2. The van der Waals surface area contributed by atoms with Crippen molar-refractivity contribution in [2.45, 2.75) is 10.8 Å². The van der Waals surface area contributed by atoms with Crippen LogP contribution in [0.2, 0.25) is 0 Å². The molecule has 1 N–H and O–H groups in total. The van der Waals surface area contributed by atoms with E-state index in [0.717, 1.165) is 16.3 Å². The Morgan fingerprint density at radius 2 is 1.65 bits per heavy atom. The maximum Gasteiger partial charge on any atom is 0.250 e. The van der Waals surface area contributed by atoms with Crippen LogP contribution in [0.1, 0.15) is 5.56 Å². The van der Waals surface area contributed by atoms with E-state index in [4.69, 9.17) is 0 Å². The molecule has 0 radical (unpaired) electrons. The number of rotatable bonds is 4. The topological polar surface area (TPSA) is 46.2 Å². The lowest BCUT2D eigenvalue weighted by Crippen LogP contribution is -2.22. The maximum absolute atomic E-state index is 12.4. The second kappa shape index (κ2) is 5.36. The summed E-state index contributed by atoms with van der Waals surface area (Å²) in [6, 6.07) is 17.0. The van der Waals surface area contributed by atoms with Crippen molar-refractivity contribution >= 4 is 32.1 Å². The van der Waals surface area contributed by atoms with Crippen LogP contribution < -0.4 is 4.72 Å². The van der Waals surface area contributed by atoms with Gasteiger partial charge in [0.25, 0.3) is 10.0 Å². The molecule has 0 unspecified atom stereocenters. The predicted octanol–water partition coefficient (Wildman–Crippen LogP) is 3.38. The van der Waals surface area contributed by atoms with E-state index < -0.39 is 10.0 Å². The number of nitrogens with one attached hydrogen (secondary N) is 1. The molecule has 3 rings (SSSR count). The van der Waals surface area contributed by atoms with Crippen LogP contribution in [-0.4, -0.2) is 8.42 Å². The maximum atomic E-state index is 12.4. The van der Waals surface area contributed by atoms with Gasteiger partial charge in [-0.3, -0.25) is 0 Å². The Balaban J connectivity index is 1.89. The van der Waals surface area contributed by atoms with Crippen LogP contribution in [0.15, 0.2) is 64.2 Å². The number of sulfonamides is 1. The molecule has 0 saturated heterocycles. The highest BCUT2D eigenvalue weighted by Gasteiger charge is 2.18.